The Morgan fingerprint density at radius 1 is 1.22 bits per heavy atom. The van der Waals surface area contributed by atoms with Crippen LogP contribution in [0.3, 0.4) is 0 Å². The summed E-state index contributed by atoms with van der Waals surface area (Å²) in [5.74, 6) is 0.888. The summed E-state index contributed by atoms with van der Waals surface area (Å²) >= 11 is 0. The van der Waals surface area contributed by atoms with Gasteiger partial charge in [-0.15, -0.1) is 0 Å². The molecule has 0 amide bonds. The van der Waals surface area contributed by atoms with Crippen LogP contribution in [0.5, 0.6) is 5.75 Å². The number of ether oxygens (including phenoxy) is 1. The van der Waals surface area contributed by atoms with Crippen LogP contribution in [0.4, 0.5) is 0 Å². The second kappa shape index (κ2) is 3.35. The molecule has 0 atom stereocenters. The Balaban J connectivity index is 2.02. The van der Waals surface area contributed by atoms with Gasteiger partial charge in [0, 0.05) is 18.2 Å². The number of imidazole rings is 1. The molecule has 0 N–H and O–H groups in total. The first-order valence-electron chi connectivity index (χ1n) is 6.00. The standard InChI is InChI=1S/C15H12N2O/c1-18-11-6-5-10-8-13-15(12(10)9-11)16-14-4-2-3-7-17(13)14/h2-7,9H,8H2,1H3. The van der Waals surface area contributed by atoms with Crippen LogP contribution in [0.15, 0.2) is 42.6 Å². The van der Waals surface area contributed by atoms with Gasteiger partial charge in [-0.25, -0.2) is 4.98 Å². The Hall–Kier alpha value is -2.29. The number of rotatable bonds is 1. The highest BCUT2D eigenvalue weighted by molar-refractivity contribution is 5.76. The number of benzene rings is 1. The van der Waals surface area contributed by atoms with Gasteiger partial charge in [0.05, 0.1) is 18.5 Å². The molecule has 0 bridgehead atoms. The summed E-state index contributed by atoms with van der Waals surface area (Å²) in [6.07, 6.45) is 3.02. The predicted molar refractivity (Wildman–Crippen MR) is 70.0 cm³/mol. The molecule has 4 rings (SSSR count). The Bertz CT molecular complexity index is 758. The average Bonchev–Trinajstić information content (AvgIpc) is 2.94. The van der Waals surface area contributed by atoms with Crippen molar-refractivity contribution in [1.29, 1.82) is 0 Å². The molecule has 3 heteroatoms. The molecule has 18 heavy (non-hydrogen) atoms. The minimum atomic E-state index is 0.888. The number of nitrogens with zero attached hydrogens (tertiary/aromatic N) is 2. The number of methoxy groups -OCH3 is 1. The molecule has 3 aromatic rings. The van der Waals surface area contributed by atoms with Crippen LogP contribution < -0.4 is 4.74 Å². The maximum Gasteiger partial charge on any atom is 0.137 e. The number of fused-ring (bicyclic) bond motifs is 5. The average molecular weight is 236 g/mol. The van der Waals surface area contributed by atoms with Gasteiger partial charge in [-0.05, 0) is 29.8 Å². The number of aromatic nitrogens is 2. The highest BCUT2D eigenvalue weighted by Crippen LogP contribution is 2.38. The van der Waals surface area contributed by atoms with Crippen molar-refractivity contribution in [3.05, 3.63) is 53.9 Å². The fourth-order valence-corrected chi connectivity index (χ4v) is 2.67. The molecule has 2 aromatic heterocycles. The van der Waals surface area contributed by atoms with E-state index in [1.54, 1.807) is 7.11 Å². The second-order valence-corrected chi connectivity index (χ2v) is 4.54. The van der Waals surface area contributed by atoms with E-state index in [9.17, 15) is 0 Å². The number of pyridine rings is 1. The third-order valence-electron chi connectivity index (χ3n) is 3.56. The predicted octanol–water partition coefficient (Wildman–Crippen LogP) is 2.91. The lowest BCUT2D eigenvalue weighted by molar-refractivity contribution is 0.415. The Labute approximate surface area is 105 Å². The topological polar surface area (TPSA) is 26.5 Å². The Morgan fingerprint density at radius 3 is 3.06 bits per heavy atom. The highest BCUT2D eigenvalue weighted by Gasteiger charge is 2.24. The second-order valence-electron chi connectivity index (χ2n) is 4.54. The zero-order valence-corrected chi connectivity index (χ0v) is 10.1. The van der Waals surface area contributed by atoms with Crippen LogP contribution >= 0.6 is 0 Å². The van der Waals surface area contributed by atoms with E-state index in [1.807, 2.05) is 24.3 Å². The van der Waals surface area contributed by atoms with E-state index in [1.165, 1.54) is 16.8 Å². The zero-order valence-electron chi connectivity index (χ0n) is 10.1. The van der Waals surface area contributed by atoms with Crippen molar-refractivity contribution < 1.29 is 4.74 Å². The van der Waals surface area contributed by atoms with E-state index >= 15 is 0 Å². The highest BCUT2D eigenvalue weighted by atomic mass is 16.5. The molecule has 2 heterocycles. The lowest BCUT2D eigenvalue weighted by atomic mass is 10.1. The fourth-order valence-electron chi connectivity index (χ4n) is 2.67. The summed E-state index contributed by atoms with van der Waals surface area (Å²) in [4.78, 5) is 4.72. The molecule has 0 spiro atoms. The first-order chi connectivity index (χ1) is 8.86. The van der Waals surface area contributed by atoms with Crippen molar-refractivity contribution in [2.75, 3.05) is 7.11 Å². The van der Waals surface area contributed by atoms with Gasteiger partial charge in [0.25, 0.3) is 0 Å². The van der Waals surface area contributed by atoms with E-state index in [0.717, 1.165) is 23.5 Å². The van der Waals surface area contributed by atoms with Crippen molar-refractivity contribution >= 4 is 5.65 Å². The minimum absolute atomic E-state index is 0.888. The maximum absolute atomic E-state index is 5.29. The lowest BCUT2D eigenvalue weighted by Crippen LogP contribution is -1.90. The number of hydrogen-bond acceptors (Lipinski definition) is 2. The van der Waals surface area contributed by atoms with Crippen LogP contribution in [0.1, 0.15) is 11.3 Å². The third kappa shape index (κ3) is 1.16. The van der Waals surface area contributed by atoms with Gasteiger partial charge in [-0.2, -0.15) is 0 Å². The monoisotopic (exact) mass is 236 g/mol. The van der Waals surface area contributed by atoms with E-state index < -0.39 is 0 Å². The first-order valence-corrected chi connectivity index (χ1v) is 6.00. The van der Waals surface area contributed by atoms with Gasteiger partial charge in [-0.1, -0.05) is 12.1 Å². The molecule has 3 nitrogen and oxygen atoms in total. The summed E-state index contributed by atoms with van der Waals surface area (Å²) < 4.78 is 7.46. The molecule has 0 aliphatic heterocycles. The SMILES string of the molecule is COc1ccc2c(c1)-c1nc3ccccn3c1C2. The molecule has 0 saturated heterocycles. The summed E-state index contributed by atoms with van der Waals surface area (Å²) in [7, 11) is 1.70. The van der Waals surface area contributed by atoms with E-state index in [2.05, 4.69) is 22.7 Å². The third-order valence-corrected chi connectivity index (χ3v) is 3.56. The summed E-state index contributed by atoms with van der Waals surface area (Å²) in [5, 5.41) is 0. The van der Waals surface area contributed by atoms with Crippen molar-refractivity contribution in [3.8, 4) is 17.0 Å². The van der Waals surface area contributed by atoms with Crippen LogP contribution in [0.25, 0.3) is 16.9 Å². The molecule has 0 saturated carbocycles. The fraction of sp³-hybridized carbons (Fsp3) is 0.133. The largest absolute Gasteiger partial charge is 0.497 e. The van der Waals surface area contributed by atoms with Crippen LogP contribution in [-0.4, -0.2) is 16.5 Å². The van der Waals surface area contributed by atoms with Crippen molar-refractivity contribution in [2.45, 2.75) is 6.42 Å². The zero-order chi connectivity index (χ0) is 12.1. The van der Waals surface area contributed by atoms with Crippen LogP contribution in [-0.2, 0) is 6.42 Å². The smallest absolute Gasteiger partial charge is 0.137 e. The minimum Gasteiger partial charge on any atom is -0.497 e. The molecule has 1 aliphatic carbocycles. The van der Waals surface area contributed by atoms with Crippen molar-refractivity contribution in [3.63, 3.8) is 0 Å². The van der Waals surface area contributed by atoms with Gasteiger partial charge >= 0.3 is 0 Å². The van der Waals surface area contributed by atoms with Crippen LogP contribution in [0.2, 0.25) is 0 Å². The Morgan fingerprint density at radius 2 is 2.17 bits per heavy atom. The van der Waals surface area contributed by atoms with E-state index in [-0.39, 0.29) is 0 Å². The molecule has 0 radical (unpaired) electrons. The van der Waals surface area contributed by atoms with Gasteiger partial charge in [0.1, 0.15) is 11.4 Å². The molecular weight excluding hydrogens is 224 g/mol. The summed E-state index contributed by atoms with van der Waals surface area (Å²) in [6, 6.07) is 12.3. The molecular formula is C15H12N2O. The summed E-state index contributed by atoms with van der Waals surface area (Å²) in [6.45, 7) is 0. The molecule has 88 valence electrons. The van der Waals surface area contributed by atoms with Crippen molar-refractivity contribution in [1.82, 2.24) is 9.38 Å². The maximum atomic E-state index is 5.29. The van der Waals surface area contributed by atoms with Crippen molar-refractivity contribution in [2.24, 2.45) is 0 Å². The van der Waals surface area contributed by atoms with Gasteiger partial charge in [-0.3, -0.25) is 0 Å². The molecule has 0 unspecified atom stereocenters. The molecule has 1 aliphatic rings. The van der Waals surface area contributed by atoms with Gasteiger partial charge < -0.3 is 9.14 Å². The lowest BCUT2D eigenvalue weighted by Gasteiger charge is -2.03. The molecule has 1 aromatic carbocycles. The van der Waals surface area contributed by atoms with Gasteiger partial charge in [0.2, 0.25) is 0 Å². The van der Waals surface area contributed by atoms with E-state index in [4.69, 9.17) is 9.72 Å². The van der Waals surface area contributed by atoms with E-state index in [0.29, 0.717) is 0 Å². The number of hydrogen-bond donors (Lipinski definition) is 0. The first kappa shape index (κ1) is 9.71. The van der Waals surface area contributed by atoms with Gasteiger partial charge in [0.15, 0.2) is 0 Å². The molecule has 0 fully saturated rings. The quantitative estimate of drug-likeness (QED) is 0.508. The Kier molecular flexibility index (Phi) is 1.81. The van der Waals surface area contributed by atoms with Crippen LogP contribution in [0, 0.1) is 0 Å². The summed E-state index contributed by atoms with van der Waals surface area (Å²) in [5.41, 5.74) is 5.90. The normalized spacial score (nSPS) is 12.5.